The van der Waals surface area contributed by atoms with Gasteiger partial charge in [0.05, 0.1) is 17.2 Å². The first kappa shape index (κ1) is 13.2. The Morgan fingerprint density at radius 1 is 1.10 bits per heavy atom. The molecule has 21 heavy (non-hydrogen) atoms. The molecule has 0 atom stereocenters. The maximum Gasteiger partial charge on any atom is 0.270 e. The minimum Gasteiger partial charge on any atom is -0.297 e. The molecule has 1 heterocycles. The van der Waals surface area contributed by atoms with Crippen molar-refractivity contribution in [2.45, 2.75) is 6.42 Å². The maximum atomic E-state index is 11.8. The smallest absolute Gasteiger partial charge is 0.270 e. The number of fused-ring (bicyclic) bond motifs is 1. The highest BCUT2D eigenvalue weighted by atomic mass is 16.6. The van der Waals surface area contributed by atoms with Gasteiger partial charge >= 0.3 is 0 Å². The van der Waals surface area contributed by atoms with Crippen LogP contribution in [0.1, 0.15) is 16.7 Å². The van der Waals surface area contributed by atoms with E-state index in [1.54, 1.807) is 6.07 Å². The molecule has 1 aliphatic rings. The summed E-state index contributed by atoms with van der Waals surface area (Å²) in [4.78, 5) is 26.7. The second-order valence-corrected chi connectivity index (χ2v) is 4.84. The van der Waals surface area contributed by atoms with Crippen molar-refractivity contribution >= 4 is 17.2 Å². The number of hydrogen-bond donors (Lipinski definition) is 0. The summed E-state index contributed by atoms with van der Waals surface area (Å²) >= 11 is 0. The van der Waals surface area contributed by atoms with Crippen molar-refractivity contribution < 1.29 is 9.72 Å². The highest BCUT2D eigenvalue weighted by molar-refractivity contribution is 6.15. The van der Waals surface area contributed by atoms with Gasteiger partial charge in [-0.25, -0.2) is 0 Å². The zero-order valence-corrected chi connectivity index (χ0v) is 11.2. The Hall–Kier alpha value is -2.82. The zero-order chi connectivity index (χ0) is 14.8. The molecule has 0 N–H and O–H groups in total. The summed E-state index contributed by atoms with van der Waals surface area (Å²) in [6.07, 6.45) is 0.257. The fourth-order valence-corrected chi connectivity index (χ4v) is 2.42. The molecule has 0 aromatic heterocycles. The van der Waals surface area contributed by atoms with Crippen LogP contribution in [0, 0.1) is 10.1 Å². The van der Waals surface area contributed by atoms with Gasteiger partial charge in [0, 0.05) is 29.7 Å². The molecule has 3 rings (SSSR count). The molecule has 0 unspecified atom stereocenters. The first-order valence-electron chi connectivity index (χ1n) is 6.54. The van der Waals surface area contributed by atoms with Crippen molar-refractivity contribution in [3.8, 4) is 0 Å². The molecule has 0 saturated heterocycles. The van der Waals surface area contributed by atoms with Crippen LogP contribution < -0.4 is 0 Å². The number of ketones is 1. The topological polar surface area (TPSA) is 72.6 Å². The van der Waals surface area contributed by atoms with E-state index in [1.807, 2.05) is 30.3 Å². The molecule has 0 amide bonds. The van der Waals surface area contributed by atoms with Crippen molar-refractivity contribution in [3.63, 3.8) is 0 Å². The number of nitrogens with zero attached hydrogens (tertiary/aromatic N) is 2. The summed E-state index contributed by atoms with van der Waals surface area (Å²) in [6.45, 7) is 0.104. The van der Waals surface area contributed by atoms with Crippen molar-refractivity contribution in [2.24, 2.45) is 4.99 Å². The number of hydrogen-bond acceptors (Lipinski definition) is 4. The van der Waals surface area contributed by atoms with Gasteiger partial charge in [-0.1, -0.05) is 36.4 Å². The van der Waals surface area contributed by atoms with Crippen LogP contribution in [0.5, 0.6) is 0 Å². The van der Waals surface area contributed by atoms with Crippen LogP contribution in [0.25, 0.3) is 0 Å². The summed E-state index contributed by atoms with van der Waals surface area (Å²) in [5.41, 5.74) is 2.95. The second-order valence-electron chi connectivity index (χ2n) is 4.84. The third kappa shape index (κ3) is 2.58. The Morgan fingerprint density at radius 3 is 2.57 bits per heavy atom. The largest absolute Gasteiger partial charge is 0.297 e. The predicted molar refractivity (Wildman–Crippen MR) is 78.8 cm³/mol. The second kappa shape index (κ2) is 5.28. The van der Waals surface area contributed by atoms with E-state index in [4.69, 9.17) is 0 Å². The Kier molecular flexibility index (Phi) is 3.31. The number of Topliss-reactive ketones (excluding diaryl/α,β-unsaturated/α-hetero) is 1. The number of carbonyl (C=O) groups is 1. The van der Waals surface area contributed by atoms with Gasteiger partial charge in [-0.3, -0.25) is 19.9 Å². The number of benzene rings is 2. The fourth-order valence-electron chi connectivity index (χ4n) is 2.42. The average Bonchev–Trinajstić information content (AvgIpc) is 2.65. The first-order chi connectivity index (χ1) is 10.1. The number of nitro benzene ring substituents is 1. The number of rotatable bonds is 2. The lowest BCUT2D eigenvalue weighted by molar-refractivity contribution is -0.384. The predicted octanol–water partition coefficient (Wildman–Crippen LogP) is 2.56. The van der Waals surface area contributed by atoms with E-state index in [2.05, 4.69) is 4.99 Å². The van der Waals surface area contributed by atoms with Crippen molar-refractivity contribution in [1.82, 2.24) is 0 Å². The molecule has 2 aromatic rings. The van der Waals surface area contributed by atoms with E-state index in [-0.39, 0.29) is 24.4 Å². The molecule has 5 nitrogen and oxygen atoms in total. The van der Waals surface area contributed by atoms with Gasteiger partial charge in [-0.05, 0) is 5.56 Å². The van der Waals surface area contributed by atoms with E-state index in [1.165, 1.54) is 12.1 Å². The number of nitro groups is 1. The van der Waals surface area contributed by atoms with Crippen molar-refractivity contribution in [2.75, 3.05) is 6.54 Å². The Morgan fingerprint density at radius 2 is 1.86 bits per heavy atom. The minimum absolute atomic E-state index is 0.00623. The maximum absolute atomic E-state index is 11.8. The number of aliphatic imine (C=N–C) groups is 1. The standard InChI is InChI=1S/C16H12N2O3/c19-14-8-12-6-7-13(18(20)21)9-15(12)16(17-10-14)11-4-2-1-3-5-11/h1-7,9H,8,10H2/i1+1,2+1,3+1,4+1,5+1,11+1. The molecule has 0 saturated carbocycles. The minimum atomic E-state index is -0.435. The molecule has 5 heteroatoms. The van der Waals surface area contributed by atoms with E-state index in [0.29, 0.717) is 11.3 Å². The van der Waals surface area contributed by atoms with Crippen LogP contribution in [0.3, 0.4) is 0 Å². The molecule has 0 fully saturated rings. The van der Waals surface area contributed by atoms with E-state index in [0.717, 1.165) is 11.1 Å². The van der Waals surface area contributed by atoms with Crippen LogP contribution in [-0.2, 0) is 11.2 Å². The summed E-state index contributed by atoms with van der Waals surface area (Å²) in [5.74, 6) is 0.0102. The molecule has 2 aromatic carbocycles. The van der Waals surface area contributed by atoms with Crippen molar-refractivity contribution in [1.29, 1.82) is 0 Å². The Bertz CT molecular complexity index is 751. The monoisotopic (exact) mass is 286 g/mol. The van der Waals surface area contributed by atoms with Gasteiger partial charge < -0.3 is 0 Å². The Balaban J connectivity index is 2.20. The van der Waals surface area contributed by atoms with Gasteiger partial charge in [0.15, 0.2) is 5.78 Å². The van der Waals surface area contributed by atoms with E-state index < -0.39 is 4.92 Å². The first-order valence-corrected chi connectivity index (χ1v) is 6.54. The van der Waals surface area contributed by atoms with Crippen LogP contribution in [-0.4, -0.2) is 23.0 Å². The molecular weight excluding hydrogens is 274 g/mol. The summed E-state index contributed by atoms with van der Waals surface area (Å²) in [7, 11) is 0. The number of non-ortho nitro benzene ring substituents is 1. The summed E-state index contributed by atoms with van der Waals surface area (Å²) in [5, 5.41) is 11.0. The molecule has 0 aliphatic carbocycles. The van der Waals surface area contributed by atoms with Gasteiger partial charge in [0.2, 0.25) is 0 Å². The third-order valence-electron chi connectivity index (χ3n) is 3.41. The van der Waals surface area contributed by atoms with Gasteiger partial charge in [0.1, 0.15) is 0 Å². The van der Waals surface area contributed by atoms with Gasteiger partial charge in [-0.2, -0.15) is 0 Å². The third-order valence-corrected chi connectivity index (χ3v) is 3.41. The average molecular weight is 286 g/mol. The van der Waals surface area contributed by atoms with E-state index in [9.17, 15) is 14.9 Å². The molecular formula is C16H12N2O3. The zero-order valence-electron chi connectivity index (χ0n) is 11.2. The fraction of sp³-hybridized carbons (Fsp3) is 0.125. The van der Waals surface area contributed by atoms with Crippen LogP contribution >= 0.6 is 0 Å². The molecule has 0 bridgehead atoms. The molecule has 1 aliphatic heterocycles. The number of carbonyl (C=O) groups excluding carboxylic acids is 1. The summed E-state index contributed by atoms with van der Waals surface area (Å²) in [6, 6.07) is 14.0. The lowest BCUT2D eigenvalue weighted by atomic mass is 10.0. The quantitative estimate of drug-likeness (QED) is 0.629. The highest BCUT2D eigenvalue weighted by Crippen LogP contribution is 2.24. The lowest BCUT2D eigenvalue weighted by Gasteiger charge is -2.09. The molecule has 104 valence electrons. The van der Waals surface area contributed by atoms with Crippen LogP contribution in [0.4, 0.5) is 5.69 Å². The summed E-state index contributed by atoms with van der Waals surface area (Å²) < 4.78 is 0. The van der Waals surface area contributed by atoms with Gasteiger partial charge in [-0.15, -0.1) is 0 Å². The Labute approximate surface area is 121 Å². The van der Waals surface area contributed by atoms with Gasteiger partial charge in [0.25, 0.3) is 5.69 Å². The van der Waals surface area contributed by atoms with Crippen molar-refractivity contribution in [3.05, 3.63) is 75.3 Å². The van der Waals surface area contributed by atoms with E-state index >= 15 is 0 Å². The molecule has 0 spiro atoms. The highest BCUT2D eigenvalue weighted by Gasteiger charge is 2.21. The SMILES string of the molecule is O=C1CN=C([13c]2[13cH][13cH][13cH][13cH][13cH]2)c2cc([N+](=O)[O-])ccc2C1. The van der Waals surface area contributed by atoms with Crippen LogP contribution in [0.15, 0.2) is 53.5 Å². The molecule has 0 radical (unpaired) electrons. The van der Waals surface area contributed by atoms with Crippen LogP contribution in [0.2, 0.25) is 0 Å². The lowest BCUT2D eigenvalue weighted by Crippen LogP contribution is -2.07. The normalized spacial score (nSPS) is 14.1.